The number of fused-ring (bicyclic) bond motifs is 6. The van der Waals surface area contributed by atoms with Crippen molar-refractivity contribution in [2.45, 2.75) is 0 Å². The summed E-state index contributed by atoms with van der Waals surface area (Å²) in [5.74, 6) is 2.87. The molecule has 0 N–H and O–H groups in total. The smallest absolute Gasteiger partial charge is 0.159 e. The van der Waals surface area contributed by atoms with E-state index in [1.165, 1.54) is 0 Å². The molecule has 0 spiro atoms. The molecule has 0 bridgehead atoms. The van der Waals surface area contributed by atoms with Crippen LogP contribution in [0.2, 0.25) is 0 Å². The fraction of sp³-hybridized carbons (Fsp3) is 0.0256. The van der Waals surface area contributed by atoms with Crippen LogP contribution in [0.4, 0.5) is 17.2 Å². The number of anilines is 3. The number of nitrogens with zero attached hydrogens (tertiary/aromatic N) is 4. The number of aromatic nitrogens is 3. The number of ether oxygens (including phenoxy) is 1. The minimum atomic E-state index is 0.656. The number of aryl methyl sites for hydroxylation is 1. The van der Waals surface area contributed by atoms with Crippen molar-refractivity contribution in [2.75, 3.05) is 4.90 Å². The zero-order valence-electron chi connectivity index (χ0n) is 24.8. The van der Waals surface area contributed by atoms with Crippen molar-refractivity contribution in [2.24, 2.45) is 7.05 Å². The van der Waals surface area contributed by atoms with E-state index >= 15 is 0 Å². The molecule has 0 unspecified atom stereocenters. The van der Waals surface area contributed by atoms with Crippen LogP contribution in [0, 0.1) is 0 Å². The molecule has 7 nitrogen and oxygen atoms in total. The third kappa shape index (κ3) is 4.21. The third-order valence-corrected chi connectivity index (χ3v) is 8.32. The van der Waals surface area contributed by atoms with E-state index in [9.17, 15) is 0 Å². The molecule has 0 radical (unpaired) electrons. The fourth-order valence-electron chi connectivity index (χ4n) is 6.25. The lowest BCUT2D eigenvalue weighted by atomic mass is 10.1. The molecule has 0 aliphatic rings. The van der Waals surface area contributed by atoms with Crippen LogP contribution in [-0.4, -0.2) is 14.5 Å². The van der Waals surface area contributed by atoms with Gasteiger partial charge in [-0.25, -0.2) is 9.97 Å². The van der Waals surface area contributed by atoms with Crippen LogP contribution >= 0.6 is 0 Å². The number of imidazole rings is 1. The molecule has 0 aliphatic heterocycles. The van der Waals surface area contributed by atoms with E-state index in [1.54, 1.807) is 12.4 Å². The zero-order valence-corrected chi connectivity index (χ0v) is 24.8. The Bertz CT molecular complexity index is 2490. The van der Waals surface area contributed by atoms with Gasteiger partial charge in [-0.3, -0.25) is 4.90 Å². The molecule has 0 amide bonds. The number of pyridine rings is 1. The molecular weight excluding hydrogens is 572 g/mol. The maximum Gasteiger partial charge on any atom is 0.159 e. The Morgan fingerprint density at radius 1 is 0.609 bits per heavy atom. The first kappa shape index (κ1) is 26.1. The second kappa shape index (κ2) is 10.4. The second-order valence-electron chi connectivity index (χ2n) is 11.2. The van der Waals surface area contributed by atoms with Crippen LogP contribution in [0.15, 0.2) is 149 Å². The Balaban J connectivity index is 1.28. The number of para-hydroxylation sites is 3. The molecule has 4 aromatic heterocycles. The van der Waals surface area contributed by atoms with Gasteiger partial charge < -0.3 is 18.1 Å². The highest BCUT2D eigenvalue weighted by molar-refractivity contribution is 6.11. The molecule has 46 heavy (non-hydrogen) atoms. The first-order valence-corrected chi connectivity index (χ1v) is 15.0. The van der Waals surface area contributed by atoms with Crippen molar-refractivity contribution < 1.29 is 13.6 Å². The zero-order chi connectivity index (χ0) is 30.6. The molecular formula is C39H26N4O3. The maximum absolute atomic E-state index is 6.80. The maximum atomic E-state index is 6.80. The van der Waals surface area contributed by atoms with Crippen molar-refractivity contribution in [3.63, 3.8) is 0 Å². The standard InChI is InChI=1S/C39H26N4O3/c1-42-20-19-41-39(42)32-23-26(21-30-28-13-5-7-15-34(28)45-37(30)32)44-27-22-31-29-14-6-8-16-35(29)46-38(31)33(24-27)43(25-11-3-2-4-12-25)36-17-9-10-18-40-36/h2-24H,1H3. The van der Waals surface area contributed by atoms with Gasteiger partial charge in [0.2, 0.25) is 0 Å². The highest BCUT2D eigenvalue weighted by atomic mass is 16.5. The summed E-state index contributed by atoms with van der Waals surface area (Å²) in [6, 6.07) is 40.3. The predicted molar refractivity (Wildman–Crippen MR) is 182 cm³/mol. The fourth-order valence-corrected chi connectivity index (χ4v) is 6.25. The normalized spacial score (nSPS) is 11.6. The number of furan rings is 2. The first-order valence-electron chi connectivity index (χ1n) is 15.0. The van der Waals surface area contributed by atoms with Crippen LogP contribution in [0.3, 0.4) is 0 Å². The minimum Gasteiger partial charge on any atom is -0.457 e. The quantitative estimate of drug-likeness (QED) is 0.190. The molecule has 0 atom stereocenters. The molecule has 5 aromatic carbocycles. The summed E-state index contributed by atoms with van der Waals surface area (Å²) in [6.07, 6.45) is 5.51. The molecule has 4 heterocycles. The van der Waals surface area contributed by atoms with Gasteiger partial charge >= 0.3 is 0 Å². The summed E-state index contributed by atoms with van der Waals surface area (Å²) in [7, 11) is 1.98. The van der Waals surface area contributed by atoms with E-state index in [1.807, 2.05) is 115 Å². The summed E-state index contributed by atoms with van der Waals surface area (Å²) in [4.78, 5) is 11.5. The van der Waals surface area contributed by atoms with Crippen molar-refractivity contribution in [1.29, 1.82) is 0 Å². The first-order chi connectivity index (χ1) is 22.7. The van der Waals surface area contributed by atoms with Gasteiger partial charge in [0.25, 0.3) is 0 Å². The largest absolute Gasteiger partial charge is 0.457 e. The van der Waals surface area contributed by atoms with Crippen LogP contribution < -0.4 is 9.64 Å². The molecule has 0 fully saturated rings. The number of benzene rings is 5. The van der Waals surface area contributed by atoms with Gasteiger partial charge in [-0.15, -0.1) is 0 Å². The van der Waals surface area contributed by atoms with Gasteiger partial charge in [0.1, 0.15) is 39.9 Å². The van der Waals surface area contributed by atoms with E-state index in [2.05, 4.69) is 34.1 Å². The number of hydrogen-bond donors (Lipinski definition) is 0. The Labute approximate surface area is 263 Å². The van der Waals surface area contributed by atoms with Gasteiger partial charge in [0, 0.05) is 58.9 Å². The lowest BCUT2D eigenvalue weighted by Gasteiger charge is -2.24. The van der Waals surface area contributed by atoms with E-state index in [-0.39, 0.29) is 0 Å². The van der Waals surface area contributed by atoms with Crippen LogP contribution in [0.5, 0.6) is 11.5 Å². The number of rotatable bonds is 6. The van der Waals surface area contributed by atoms with Crippen LogP contribution in [0.1, 0.15) is 0 Å². The van der Waals surface area contributed by atoms with E-state index in [4.69, 9.17) is 18.6 Å². The molecule has 9 rings (SSSR count). The molecule has 0 saturated heterocycles. The predicted octanol–water partition coefficient (Wildman–Crippen LogP) is 10.5. The summed E-state index contributed by atoms with van der Waals surface area (Å²) in [6.45, 7) is 0. The van der Waals surface area contributed by atoms with Crippen molar-refractivity contribution in [3.8, 4) is 22.9 Å². The summed E-state index contributed by atoms with van der Waals surface area (Å²) in [5, 5.41) is 3.92. The van der Waals surface area contributed by atoms with Gasteiger partial charge in [0.05, 0.1) is 11.3 Å². The summed E-state index contributed by atoms with van der Waals surface area (Å²) < 4.78 is 21.7. The topological polar surface area (TPSA) is 69.5 Å². The Kier molecular flexibility index (Phi) is 5.89. The van der Waals surface area contributed by atoms with E-state index in [0.29, 0.717) is 11.5 Å². The minimum absolute atomic E-state index is 0.656. The highest BCUT2D eigenvalue weighted by Gasteiger charge is 2.23. The van der Waals surface area contributed by atoms with Crippen molar-refractivity contribution in [1.82, 2.24) is 14.5 Å². The van der Waals surface area contributed by atoms with Gasteiger partial charge in [-0.2, -0.15) is 0 Å². The SMILES string of the molecule is Cn1ccnc1-c1cc(Oc2cc(N(c3ccccc3)c3ccccn3)c3oc4ccccc4c3c2)cc2c1oc1ccccc12. The third-order valence-electron chi connectivity index (χ3n) is 8.32. The molecule has 220 valence electrons. The Morgan fingerprint density at radius 2 is 1.26 bits per heavy atom. The van der Waals surface area contributed by atoms with E-state index in [0.717, 1.165) is 72.5 Å². The second-order valence-corrected chi connectivity index (χ2v) is 11.2. The number of hydrogen-bond acceptors (Lipinski definition) is 6. The lowest BCUT2D eigenvalue weighted by Crippen LogP contribution is -2.11. The van der Waals surface area contributed by atoms with Crippen molar-refractivity contribution >= 4 is 61.1 Å². The van der Waals surface area contributed by atoms with Gasteiger partial charge in [-0.1, -0.05) is 60.7 Å². The van der Waals surface area contributed by atoms with E-state index < -0.39 is 0 Å². The summed E-state index contributed by atoms with van der Waals surface area (Å²) in [5.41, 5.74) is 5.74. The van der Waals surface area contributed by atoms with Gasteiger partial charge in [-0.05, 0) is 54.6 Å². The molecule has 0 aliphatic carbocycles. The van der Waals surface area contributed by atoms with Crippen LogP contribution in [-0.2, 0) is 7.05 Å². The highest BCUT2D eigenvalue weighted by Crippen LogP contribution is 2.45. The van der Waals surface area contributed by atoms with Crippen LogP contribution in [0.25, 0.3) is 55.3 Å². The Morgan fingerprint density at radius 3 is 1.96 bits per heavy atom. The Hall–Kier alpha value is -6.34. The molecule has 9 aromatic rings. The van der Waals surface area contributed by atoms with Gasteiger partial charge in [0.15, 0.2) is 5.58 Å². The summed E-state index contributed by atoms with van der Waals surface area (Å²) >= 11 is 0. The lowest BCUT2D eigenvalue weighted by molar-refractivity contribution is 0.484. The monoisotopic (exact) mass is 598 g/mol. The van der Waals surface area contributed by atoms with Crippen molar-refractivity contribution in [3.05, 3.63) is 140 Å². The average Bonchev–Trinajstić information content (AvgIpc) is 3.81. The molecule has 0 saturated carbocycles. The molecule has 7 heteroatoms. The average molecular weight is 599 g/mol.